The summed E-state index contributed by atoms with van der Waals surface area (Å²) in [5.41, 5.74) is 1.55. The van der Waals surface area contributed by atoms with E-state index in [4.69, 9.17) is 27.6 Å². The normalized spacial score (nSPS) is 10.7. The fourth-order valence-corrected chi connectivity index (χ4v) is 2.67. The number of carbonyl (C=O) groups excluding carboxylic acids is 1. The van der Waals surface area contributed by atoms with E-state index in [0.717, 1.165) is 10.9 Å². The molecule has 0 bridgehead atoms. The monoisotopic (exact) mass is 347 g/mol. The summed E-state index contributed by atoms with van der Waals surface area (Å²) >= 11 is 12.0. The molecule has 0 saturated carbocycles. The van der Waals surface area contributed by atoms with Gasteiger partial charge < -0.3 is 9.73 Å². The summed E-state index contributed by atoms with van der Waals surface area (Å²) in [6, 6.07) is 11.4. The Hall–Kier alpha value is -2.30. The van der Waals surface area contributed by atoms with E-state index in [2.05, 4.69) is 5.32 Å². The molecule has 2 aromatic carbocycles. The van der Waals surface area contributed by atoms with Gasteiger partial charge in [0.1, 0.15) is 5.58 Å². The lowest BCUT2D eigenvalue weighted by Gasteiger charge is -2.08. The van der Waals surface area contributed by atoms with Crippen LogP contribution in [0.4, 0.5) is 5.69 Å². The smallest absolute Gasteiger partial charge is 0.336 e. The summed E-state index contributed by atoms with van der Waals surface area (Å²) in [5.74, 6) is -0.396. The number of carbonyl (C=O) groups is 1. The molecule has 116 valence electrons. The molecule has 23 heavy (non-hydrogen) atoms. The number of nitrogens with one attached hydrogen (secondary N) is 1. The van der Waals surface area contributed by atoms with Crippen molar-refractivity contribution in [2.45, 2.75) is 6.92 Å². The summed E-state index contributed by atoms with van der Waals surface area (Å²) in [7, 11) is 0. The molecule has 0 atom stereocenters. The molecule has 0 radical (unpaired) electrons. The zero-order valence-electron chi connectivity index (χ0n) is 12.0. The molecule has 0 unspecified atom stereocenters. The van der Waals surface area contributed by atoms with E-state index in [1.54, 1.807) is 36.4 Å². The highest BCUT2D eigenvalue weighted by molar-refractivity contribution is 6.44. The highest BCUT2D eigenvalue weighted by atomic mass is 35.5. The van der Waals surface area contributed by atoms with Crippen molar-refractivity contribution < 1.29 is 9.21 Å². The number of rotatable bonds is 2. The van der Waals surface area contributed by atoms with Crippen LogP contribution >= 0.6 is 23.2 Å². The molecule has 3 rings (SSSR count). The van der Waals surface area contributed by atoms with Crippen LogP contribution in [-0.4, -0.2) is 5.91 Å². The van der Waals surface area contributed by atoms with E-state index in [0.29, 0.717) is 16.3 Å². The van der Waals surface area contributed by atoms with E-state index >= 15 is 0 Å². The van der Waals surface area contributed by atoms with Crippen molar-refractivity contribution in [3.8, 4) is 0 Å². The van der Waals surface area contributed by atoms with E-state index in [9.17, 15) is 9.59 Å². The van der Waals surface area contributed by atoms with Crippen LogP contribution in [0.5, 0.6) is 0 Å². The summed E-state index contributed by atoms with van der Waals surface area (Å²) in [4.78, 5) is 23.8. The molecule has 0 saturated heterocycles. The molecule has 0 fully saturated rings. The molecular weight excluding hydrogens is 337 g/mol. The van der Waals surface area contributed by atoms with Crippen molar-refractivity contribution in [1.29, 1.82) is 0 Å². The predicted octanol–water partition coefficient (Wildman–Crippen LogP) is 4.66. The molecular formula is C17H11Cl2NO3. The maximum atomic E-state index is 12.3. The van der Waals surface area contributed by atoms with E-state index in [-0.39, 0.29) is 10.6 Å². The first-order chi connectivity index (χ1) is 11.0. The van der Waals surface area contributed by atoms with Gasteiger partial charge in [-0.05, 0) is 36.8 Å². The Labute approximate surface area is 141 Å². The molecule has 1 amide bonds. The number of hydrogen-bond donors (Lipinski definition) is 1. The molecule has 0 aliphatic heterocycles. The van der Waals surface area contributed by atoms with Crippen molar-refractivity contribution in [3.63, 3.8) is 0 Å². The molecule has 4 nitrogen and oxygen atoms in total. The summed E-state index contributed by atoms with van der Waals surface area (Å²) in [5, 5.41) is 4.02. The largest absolute Gasteiger partial charge is 0.423 e. The molecule has 0 aliphatic carbocycles. The van der Waals surface area contributed by atoms with Crippen LogP contribution in [0, 0.1) is 6.92 Å². The fourth-order valence-electron chi connectivity index (χ4n) is 2.28. The Bertz CT molecular complexity index is 979. The lowest BCUT2D eigenvalue weighted by atomic mass is 10.1. The molecule has 1 N–H and O–H groups in total. The number of hydrogen-bond acceptors (Lipinski definition) is 3. The molecule has 3 aromatic rings. The van der Waals surface area contributed by atoms with Crippen LogP contribution in [0.3, 0.4) is 0 Å². The molecule has 1 aromatic heterocycles. The maximum Gasteiger partial charge on any atom is 0.336 e. The van der Waals surface area contributed by atoms with Gasteiger partial charge in [0.2, 0.25) is 0 Å². The van der Waals surface area contributed by atoms with Gasteiger partial charge in [0.25, 0.3) is 5.91 Å². The minimum Gasteiger partial charge on any atom is -0.423 e. The Morgan fingerprint density at radius 3 is 2.70 bits per heavy atom. The number of amides is 1. The minimum absolute atomic E-state index is 0.190. The average Bonchev–Trinajstić information content (AvgIpc) is 2.49. The Balaban J connectivity index is 1.97. The predicted molar refractivity (Wildman–Crippen MR) is 91.6 cm³/mol. The summed E-state index contributed by atoms with van der Waals surface area (Å²) in [6.07, 6.45) is 0. The van der Waals surface area contributed by atoms with Crippen molar-refractivity contribution >= 4 is 45.8 Å². The van der Waals surface area contributed by atoms with Crippen molar-refractivity contribution in [2.24, 2.45) is 0 Å². The lowest BCUT2D eigenvalue weighted by molar-refractivity contribution is 0.102. The SMILES string of the molecule is Cc1cc(=O)oc2cc(NC(=O)c3cccc(Cl)c3Cl)ccc12. The van der Waals surface area contributed by atoms with Crippen molar-refractivity contribution in [3.05, 3.63) is 74.1 Å². The standard InChI is InChI=1S/C17H11Cl2NO3/c1-9-7-15(21)23-14-8-10(5-6-11(9)14)20-17(22)12-3-2-4-13(18)16(12)19/h2-8H,1H3,(H,20,22). The first-order valence-electron chi connectivity index (χ1n) is 6.75. The number of anilines is 1. The van der Waals surface area contributed by atoms with E-state index in [1.807, 2.05) is 6.92 Å². The first kappa shape index (κ1) is 15.6. The third kappa shape index (κ3) is 3.09. The number of halogens is 2. The second-order valence-electron chi connectivity index (χ2n) is 5.01. The van der Waals surface area contributed by atoms with Gasteiger partial charge in [0.05, 0.1) is 15.6 Å². The van der Waals surface area contributed by atoms with Gasteiger partial charge in [-0.1, -0.05) is 29.3 Å². The highest BCUT2D eigenvalue weighted by Gasteiger charge is 2.13. The van der Waals surface area contributed by atoms with Crippen molar-refractivity contribution in [2.75, 3.05) is 5.32 Å². The molecule has 0 spiro atoms. The van der Waals surface area contributed by atoms with Crippen LogP contribution < -0.4 is 10.9 Å². The molecule has 1 heterocycles. The highest BCUT2D eigenvalue weighted by Crippen LogP contribution is 2.27. The fraction of sp³-hybridized carbons (Fsp3) is 0.0588. The molecule has 0 aliphatic rings. The Morgan fingerprint density at radius 2 is 1.91 bits per heavy atom. The van der Waals surface area contributed by atoms with Gasteiger partial charge >= 0.3 is 5.63 Å². The van der Waals surface area contributed by atoms with Crippen LogP contribution in [-0.2, 0) is 0 Å². The second-order valence-corrected chi connectivity index (χ2v) is 5.80. The number of benzene rings is 2. The van der Waals surface area contributed by atoms with Gasteiger partial charge in [0, 0.05) is 23.2 Å². The average molecular weight is 348 g/mol. The van der Waals surface area contributed by atoms with E-state index in [1.165, 1.54) is 6.07 Å². The topological polar surface area (TPSA) is 59.3 Å². The lowest BCUT2D eigenvalue weighted by Crippen LogP contribution is -2.12. The number of aryl methyl sites for hydroxylation is 1. The zero-order chi connectivity index (χ0) is 16.6. The van der Waals surface area contributed by atoms with Gasteiger partial charge in [-0.3, -0.25) is 4.79 Å². The molecule has 6 heteroatoms. The van der Waals surface area contributed by atoms with Gasteiger partial charge in [0.15, 0.2) is 0 Å². The van der Waals surface area contributed by atoms with Crippen LogP contribution in [0.1, 0.15) is 15.9 Å². The second kappa shape index (κ2) is 6.07. The van der Waals surface area contributed by atoms with Crippen LogP contribution in [0.15, 0.2) is 51.7 Å². The third-order valence-corrected chi connectivity index (χ3v) is 4.22. The number of fused-ring (bicyclic) bond motifs is 1. The van der Waals surface area contributed by atoms with Crippen molar-refractivity contribution in [1.82, 2.24) is 0 Å². The van der Waals surface area contributed by atoms with Gasteiger partial charge in [-0.15, -0.1) is 0 Å². The summed E-state index contributed by atoms with van der Waals surface area (Å²) < 4.78 is 5.16. The quantitative estimate of drug-likeness (QED) is 0.685. The Kier molecular flexibility index (Phi) is 4.11. The Morgan fingerprint density at radius 1 is 1.13 bits per heavy atom. The minimum atomic E-state index is -0.434. The maximum absolute atomic E-state index is 12.3. The summed E-state index contributed by atoms with van der Waals surface area (Å²) in [6.45, 7) is 1.82. The van der Waals surface area contributed by atoms with Crippen LogP contribution in [0.25, 0.3) is 11.0 Å². The van der Waals surface area contributed by atoms with Gasteiger partial charge in [-0.2, -0.15) is 0 Å². The third-order valence-electron chi connectivity index (χ3n) is 3.41. The first-order valence-corrected chi connectivity index (χ1v) is 7.51. The zero-order valence-corrected chi connectivity index (χ0v) is 13.5. The van der Waals surface area contributed by atoms with Gasteiger partial charge in [-0.25, -0.2) is 4.79 Å². The van der Waals surface area contributed by atoms with Crippen LogP contribution in [0.2, 0.25) is 10.0 Å². The van der Waals surface area contributed by atoms with E-state index < -0.39 is 11.5 Å².